The molecule has 1 aliphatic heterocycles. The molecule has 12 nitrogen and oxygen atoms in total. The van der Waals surface area contributed by atoms with Gasteiger partial charge in [0.05, 0.1) is 27.2 Å². The molecule has 0 saturated carbocycles. The molecule has 0 aliphatic carbocycles. The van der Waals surface area contributed by atoms with Gasteiger partial charge in [-0.05, 0) is 58.1 Å². The third-order valence-electron chi connectivity index (χ3n) is 9.07. The highest BCUT2D eigenvalue weighted by molar-refractivity contribution is 8.24. The second-order valence-corrected chi connectivity index (χ2v) is 16.7. The van der Waals surface area contributed by atoms with E-state index in [0.29, 0.717) is 41.4 Å². The SMILES string of the molecule is C=C(C)C(=O)OCCOC(=O)CCCCCCCCCCOc1cc(C)c(OCCCCCCCCCCC(=O)OCCOC(=O)C(=C)C)c2c1SC(=C(C#N)C#N)S2. The van der Waals surface area contributed by atoms with Crippen molar-refractivity contribution < 1.29 is 47.6 Å². The minimum atomic E-state index is -0.488. The Hall–Kier alpha value is -4.40. The molecular weight excluding hydrogens is 793 g/mol. The molecule has 0 bridgehead atoms. The number of aryl methyl sites for hydroxylation is 1. The van der Waals surface area contributed by atoms with Gasteiger partial charge in [-0.15, -0.1) is 0 Å². The first kappa shape index (κ1) is 50.7. The Balaban J connectivity index is 1.63. The van der Waals surface area contributed by atoms with Crippen LogP contribution in [0.4, 0.5) is 0 Å². The highest BCUT2D eigenvalue weighted by atomic mass is 32.2. The summed E-state index contributed by atoms with van der Waals surface area (Å²) in [5, 5.41) is 19.1. The summed E-state index contributed by atoms with van der Waals surface area (Å²) in [5.74, 6) is -0.00381. The highest BCUT2D eigenvalue weighted by Crippen LogP contribution is 2.59. The molecule has 0 atom stereocenters. The quantitative estimate of drug-likeness (QED) is 0.0220. The van der Waals surface area contributed by atoms with E-state index < -0.39 is 11.9 Å². The lowest BCUT2D eigenvalue weighted by Crippen LogP contribution is -2.14. The molecule has 59 heavy (non-hydrogen) atoms. The average Bonchev–Trinajstić information content (AvgIpc) is 3.65. The van der Waals surface area contributed by atoms with E-state index in [4.69, 9.17) is 28.4 Å². The van der Waals surface area contributed by atoms with Gasteiger partial charge in [-0.1, -0.05) is 114 Å². The van der Waals surface area contributed by atoms with Crippen molar-refractivity contribution in [2.75, 3.05) is 39.6 Å². The molecule has 2 rings (SSSR count). The first-order valence-corrected chi connectivity index (χ1v) is 22.4. The number of unbranched alkanes of at least 4 members (excludes halogenated alkanes) is 14. The van der Waals surface area contributed by atoms with Crippen LogP contribution in [0.5, 0.6) is 11.5 Å². The molecule has 0 radical (unpaired) electrons. The van der Waals surface area contributed by atoms with Crippen LogP contribution in [0.25, 0.3) is 0 Å². The third kappa shape index (κ3) is 21.4. The summed E-state index contributed by atoms with van der Waals surface area (Å²) in [6, 6.07) is 6.04. The fraction of sp³-hybridized carbons (Fsp3) is 0.600. The zero-order valence-corrected chi connectivity index (χ0v) is 36.9. The van der Waals surface area contributed by atoms with Gasteiger partial charge in [-0.3, -0.25) is 9.59 Å². The number of carbonyl (C=O) groups excluding carboxylic acids is 4. The van der Waals surface area contributed by atoms with E-state index in [1.807, 2.05) is 25.1 Å². The van der Waals surface area contributed by atoms with E-state index in [9.17, 15) is 29.7 Å². The van der Waals surface area contributed by atoms with E-state index in [0.717, 1.165) is 130 Å². The molecule has 1 aromatic carbocycles. The number of hydrogen-bond donors (Lipinski definition) is 0. The van der Waals surface area contributed by atoms with Crippen molar-refractivity contribution in [2.45, 2.75) is 146 Å². The molecule has 0 aromatic heterocycles. The topological polar surface area (TPSA) is 171 Å². The lowest BCUT2D eigenvalue weighted by Gasteiger charge is -2.16. The number of esters is 4. The molecule has 0 saturated heterocycles. The maximum Gasteiger partial charge on any atom is 0.333 e. The first-order valence-electron chi connectivity index (χ1n) is 20.8. The van der Waals surface area contributed by atoms with E-state index >= 15 is 0 Å². The van der Waals surface area contributed by atoms with Gasteiger partial charge in [0.25, 0.3) is 0 Å². The second kappa shape index (κ2) is 30.6. The Morgan fingerprint density at radius 3 is 1.39 bits per heavy atom. The fourth-order valence-corrected chi connectivity index (χ4v) is 8.40. The minimum absolute atomic E-state index is 0.0342. The van der Waals surface area contributed by atoms with Crippen molar-refractivity contribution >= 4 is 47.4 Å². The smallest absolute Gasteiger partial charge is 0.333 e. The summed E-state index contributed by atoms with van der Waals surface area (Å²) in [6.45, 7) is 13.5. The van der Waals surface area contributed by atoms with Gasteiger partial charge in [-0.2, -0.15) is 10.5 Å². The van der Waals surface area contributed by atoms with E-state index in [-0.39, 0.29) is 43.9 Å². The number of nitriles is 2. The fourth-order valence-electron chi connectivity index (χ4n) is 5.81. The molecule has 0 fully saturated rings. The van der Waals surface area contributed by atoms with Crippen LogP contribution in [0.1, 0.15) is 135 Å². The number of allylic oxidation sites excluding steroid dienone is 1. The molecule has 0 spiro atoms. The monoisotopic (exact) mass is 854 g/mol. The zero-order chi connectivity index (χ0) is 43.3. The van der Waals surface area contributed by atoms with Crippen LogP contribution in [0.3, 0.4) is 0 Å². The van der Waals surface area contributed by atoms with Crippen molar-refractivity contribution in [3.8, 4) is 23.6 Å². The van der Waals surface area contributed by atoms with Gasteiger partial charge in [0.15, 0.2) is 0 Å². The number of benzene rings is 1. The molecule has 1 aliphatic rings. The Bertz CT molecular complexity index is 1660. The predicted octanol–water partition coefficient (Wildman–Crippen LogP) is 10.6. The Kier molecular flexibility index (Phi) is 26.3. The van der Waals surface area contributed by atoms with Crippen molar-refractivity contribution in [2.24, 2.45) is 0 Å². The number of fused-ring (bicyclic) bond motifs is 1. The molecule has 0 N–H and O–H groups in total. The number of ether oxygens (including phenoxy) is 6. The average molecular weight is 855 g/mol. The van der Waals surface area contributed by atoms with Crippen LogP contribution in [0.15, 0.2) is 50.0 Å². The van der Waals surface area contributed by atoms with Gasteiger partial charge in [0, 0.05) is 24.0 Å². The van der Waals surface area contributed by atoms with Gasteiger partial charge in [0.2, 0.25) is 0 Å². The molecule has 1 heterocycles. The minimum Gasteiger partial charge on any atom is -0.492 e. The van der Waals surface area contributed by atoms with Gasteiger partial charge < -0.3 is 28.4 Å². The van der Waals surface area contributed by atoms with Crippen LogP contribution in [0.2, 0.25) is 0 Å². The van der Waals surface area contributed by atoms with Crippen LogP contribution in [-0.2, 0) is 38.1 Å². The number of rotatable bonds is 32. The summed E-state index contributed by atoms with van der Waals surface area (Å²) in [4.78, 5) is 48.2. The van der Waals surface area contributed by atoms with Gasteiger partial charge in [0.1, 0.15) is 55.6 Å². The normalized spacial score (nSPS) is 11.4. The molecular formula is C45H62N2O10S2. The van der Waals surface area contributed by atoms with Crippen LogP contribution < -0.4 is 9.47 Å². The summed E-state index contributed by atoms with van der Waals surface area (Å²) in [6.07, 6.45) is 16.9. The zero-order valence-electron chi connectivity index (χ0n) is 35.3. The van der Waals surface area contributed by atoms with Gasteiger partial charge >= 0.3 is 23.9 Å². The maximum atomic E-state index is 11.9. The highest BCUT2D eigenvalue weighted by Gasteiger charge is 2.30. The largest absolute Gasteiger partial charge is 0.492 e. The summed E-state index contributed by atoms with van der Waals surface area (Å²) in [5.41, 5.74) is 1.66. The standard InChI is InChI=1S/C45H62N2O10S2/c1-33(2)43(50)56-28-26-53-38(48)22-18-14-10-6-8-12-16-20-24-52-37-30-35(5)40(42-41(37)58-45(59-42)36(31-46)32-47)55-25-21-17-13-9-7-11-15-19-23-39(49)54-27-29-57-44(51)34(3)4/h30H,1,3,6-29H2,2,4-5H3. The van der Waals surface area contributed by atoms with E-state index in [2.05, 4.69) is 13.2 Å². The number of carbonyl (C=O) groups is 4. The number of nitrogens with zero attached hydrogens (tertiary/aromatic N) is 2. The van der Waals surface area contributed by atoms with Crippen LogP contribution >= 0.6 is 23.5 Å². The second-order valence-electron chi connectivity index (χ2n) is 14.4. The maximum absolute atomic E-state index is 11.9. The Morgan fingerprint density at radius 2 is 0.949 bits per heavy atom. The van der Waals surface area contributed by atoms with Crippen molar-refractivity contribution in [1.29, 1.82) is 10.5 Å². The van der Waals surface area contributed by atoms with Crippen LogP contribution in [-0.4, -0.2) is 63.5 Å². The Morgan fingerprint density at radius 1 is 0.559 bits per heavy atom. The molecule has 1 aromatic rings. The summed E-state index contributed by atoms with van der Waals surface area (Å²) in [7, 11) is 0. The lowest BCUT2D eigenvalue weighted by atomic mass is 10.1. The number of thioether (sulfide) groups is 2. The molecule has 14 heteroatoms. The predicted molar refractivity (Wildman–Crippen MR) is 229 cm³/mol. The van der Waals surface area contributed by atoms with Crippen molar-refractivity contribution in [3.63, 3.8) is 0 Å². The molecule has 324 valence electrons. The molecule has 0 amide bonds. The van der Waals surface area contributed by atoms with E-state index in [1.165, 1.54) is 23.5 Å². The first-order chi connectivity index (χ1) is 28.5. The van der Waals surface area contributed by atoms with Gasteiger partial charge in [-0.25, -0.2) is 9.59 Å². The lowest BCUT2D eigenvalue weighted by molar-refractivity contribution is -0.150. The summed E-state index contributed by atoms with van der Waals surface area (Å²) >= 11 is 2.80. The molecule has 0 unspecified atom stereocenters. The summed E-state index contributed by atoms with van der Waals surface area (Å²) < 4.78 is 33.3. The van der Waals surface area contributed by atoms with E-state index in [1.54, 1.807) is 13.8 Å². The van der Waals surface area contributed by atoms with Crippen molar-refractivity contribution in [3.05, 3.63) is 45.7 Å². The van der Waals surface area contributed by atoms with Crippen LogP contribution in [0, 0.1) is 29.6 Å². The third-order valence-corrected chi connectivity index (χ3v) is 11.7. The number of hydrogen-bond acceptors (Lipinski definition) is 14. The van der Waals surface area contributed by atoms with Crippen molar-refractivity contribution in [1.82, 2.24) is 0 Å². The Labute approximate surface area is 359 Å².